The van der Waals surface area contributed by atoms with Crippen molar-refractivity contribution in [3.63, 3.8) is 0 Å². The van der Waals surface area contributed by atoms with E-state index in [4.69, 9.17) is 4.74 Å². The molecule has 0 radical (unpaired) electrons. The standard InChI is InChI=1S/C17H27N3O2/c21-17(19-9-10-20-11-13-22-14-12-20)15-18-8-4-7-16-5-2-1-3-6-16/h1-3,5-6,18H,4,7-15H2,(H,19,21). The molecule has 2 rings (SSSR count). The summed E-state index contributed by atoms with van der Waals surface area (Å²) in [6.07, 6.45) is 2.09. The molecule has 5 nitrogen and oxygen atoms in total. The van der Waals surface area contributed by atoms with Crippen LogP contribution in [0.3, 0.4) is 0 Å². The summed E-state index contributed by atoms with van der Waals surface area (Å²) in [6.45, 7) is 6.42. The van der Waals surface area contributed by atoms with E-state index in [1.807, 2.05) is 6.07 Å². The molecule has 1 aromatic carbocycles. The molecule has 0 spiro atoms. The first-order chi connectivity index (χ1) is 10.8. The zero-order valence-electron chi connectivity index (χ0n) is 13.2. The van der Waals surface area contributed by atoms with Gasteiger partial charge in [0.15, 0.2) is 0 Å². The predicted octanol–water partition coefficient (Wildman–Crippen LogP) is 0.657. The zero-order valence-corrected chi connectivity index (χ0v) is 13.2. The second-order valence-corrected chi connectivity index (χ2v) is 5.57. The van der Waals surface area contributed by atoms with Crippen molar-refractivity contribution in [2.75, 3.05) is 52.5 Å². The van der Waals surface area contributed by atoms with E-state index in [0.717, 1.165) is 52.2 Å². The Bertz CT molecular complexity index is 419. The Morgan fingerprint density at radius 1 is 1.14 bits per heavy atom. The molecule has 1 aliphatic rings. The molecule has 1 heterocycles. The van der Waals surface area contributed by atoms with Crippen LogP contribution < -0.4 is 10.6 Å². The minimum absolute atomic E-state index is 0.0768. The first-order valence-electron chi connectivity index (χ1n) is 8.16. The summed E-state index contributed by atoms with van der Waals surface area (Å²) in [7, 11) is 0. The van der Waals surface area contributed by atoms with Crippen LogP contribution in [0.4, 0.5) is 0 Å². The highest BCUT2D eigenvalue weighted by molar-refractivity contribution is 5.77. The molecular formula is C17H27N3O2. The number of aryl methyl sites for hydroxylation is 1. The Hall–Kier alpha value is -1.43. The van der Waals surface area contributed by atoms with Crippen LogP contribution in [0.2, 0.25) is 0 Å². The number of morpholine rings is 1. The van der Waals surface area contributed by atoms with Gasteiger partial charge in [-0.2, -0.15) is 0 Å². The lowest BCUT2D eigenvalue weighted by Gasteiger charge is -2.26. The Labute approximate surface area is 133 Å². The third-order valence-corrected chi connectivity index (χ3v) is 3.80. The predicted molar refractivity (Wildman–Crippen MR) is 87.9 cm³/mol. The number of nitrogens with zero attached hydrogens (tertiary/aromatic N) is 1. The van der Waals surface area contributed by atoms with Crippen LogP contribution >= 0.6 is 0 Å². The molecule has 0 atom stereocenters. The number of nitrogens with one attached hydrogen (secondary N) is 2. The van der Waals surface area contributed by atoms with Crippen LogP contribution in [0, 0.1) is 0 Å². The molecular weight excluding hydrogens is 278 g/mol. The third kappa shape index (κ3) is 7.02. The molecule has 0 aliphatic carbocycles. The van der Waals surface area contributed by atoms with E-state index >= 15 is 0 Å². The van der Waals surface area contributed by atoms with E-state index in [1.165, 1.54) is 5.56 Å². The maximum atomic E-state index is 11.7. The van der Waals surface area contributed by atoms with Gasteiger partial charge in [0, 0.05) is 26.2 Å². The van der Waals surface area contributed by atoms with Crippen LogP contribution in [-0.2, 0) is 16.0 Å². The van der Waals surface area contributed by atoms with Crippen molar-refractivity contribution in [3.05, 3.63) is 35.9 Å². The molecule has 0 saturated carbocycles. The summed E-state index contributed by atoms with van der Waals surface area (Å²) in [5, 5.41) is 6.15. The molecule has 22 heavy (non-hydrogen) atoms. The van der Waals surface area contributed by atoms with Gasteiger partial charge in [0.25, 0.3) is 0 Å². The maximum absolute atomic E-state index is 11.7. The highest BCUT2D eigenvalue weighted by atomic mass is 16.5. The largest absolute Gasteiger partial charge is 0.379 e. The number of hydrogen-bond acceptors (Lipinski definition) is 4. The van der Waals surface area contributed by atoms with Gasteiger partial charge in [0.1, 0.15) is 0 Å². The number of benzene rings is 1. The molecule has 0 aromatic heterocycles. The van der Waals surface area contributed by atoms with Gasteiger partial charge in [-0.3, -0.25) is 9.69 Å². The molecule has 122 valence electrons. The Kier molecular flexibility index (Phi) is 7.94. The van der Waals surface area contributed by atoms with Gasteiger partial charge in [-0.25, -0.2) is 0 Å². The summed E-state index contributed by atoms with van der Waals surface area (Å²) in [6, 6.07) is 10.4. The molecule has 1 amide bonds. The van der Waals surface area contributed by atoms with E-state index in [-0.39, 0.29) is 5.91 Å². The number of carbonyl (C=O) groups excluding carboxylic acids is 1. The van der Waals surface area contributed by atoms with E-state index in [1.54, 1.807) is 0 Å². The maximum Gasteiger partial charge on any atom is 0.234 e. The Morgan fingerprint density at radius 2 is 1.91 bits per heavy atom. The van der Waals surface area contributed by atoms with Gasteiger partial charge in [0.05, 0.1) is 19.8 Å². The number of rotatable bonds is 9. The molecule has 1 aromatic rings. The highest BCUT2D eigenvalue weighted by Gasteiger charge is 2.09. The van der Waals surface area contributed by atoms with E-state index in [9.17, 15) is 4.79 Å². The second-order valence-electron chi connectivity index (χ2n) is 5.57. The van der Waals surface area contributed by atoms with Crippen molar-refractivity contribution in [2.24, 2.45) is 0 Å². The lowest BCUT2D eigenvalue weighted by atomic mass is 10.1. The minimum Gasteiger partial charge on any atom is -0.379 e. The Morgan fingerprint density at radius 3 is 2.68 bits per heavy atom. The van der Waals surface area contributed by atoms with Crippen molar-refractivity contribution >= 4 is 5.91 Å². The van der Waals surface area contributed by atoms with Crippen LogP contribution in [0.5, 0.6) is 0 Å². The minimum atomic E-state index is 0.0768. The molecule has 2 N–H and O–H groups in total. The highest BCUT2D eigenvalue weighted by Crippen LogP contribution is 2.01. The van der Waals surface area contributed by atoms with Crippen LogP contribution in [-0.4, -0.2) is 63.3 Å². The number of hydrogen-bond donors (Lipinski definition) is 2. The lowest BCUT2D eigenvalue weighted by Crippen LogP contribution is -2.43. The third-order valence-electron chi connectivity index (χ3n) is 3.80. The van der Waals surface area contributed by atoms with Gasteiger partial charge >= 0.3 is 0 Å². The molecule has 1 saturated heterocycles. The average molecular weight is 305 g/mol. The van der Waals surface area contributed by atoms with E-state index in [0.29, 0.717) is 13.1 Å². The molecule has 1 fully saturated rings. The van der Waals surface area contributed by atoms with Gasteiger partial charge in [0.2, 0.25) is 5.91 Å². The SMILES string of the molecule is O=C(CNCCCc1ccccc1)NCCN1CCOCC1. The zero-order chi connectivity index (χ0) is 15.5. The van der Waals surface area contributed by atoms with Crippen LogP contribution in [0.1, 0.15) is 12.0 Å². The number of amides is 1. The van der Waals surface area contributed by atoms with Crippen molar-refractivity contribution in [1.82, 2.24) is 15.5 Å². The van der Waals surface area contributed by atoms with E-state index in [2.05, 4.69) is 39.8 Å². The van der Waals surface area contributed by atoms with E-state index < -0.39 is 0 Å². The molecule has 0 unspecified atom stereocenters. The van der Waals surface area contributed by atoms with Gasteiger partial charge in [-0.1, -0.05) is 30.3 Å². The summed E-state index contributed by atoms with van der Waals surface area (Å²) < 4.78 is 5.30. The quantitative estimate of drug-likeness (QED) is 0.658. The lowest BCUT2D eigenvalue weighted by molar-refractivity contribution is -0.120. The van der Waals surface area contributed by atoms with Crippen LogP contribution in [0.15, 0.2) is 30.3 Å². The second kappa shape index (κ2) is 10.3. The van der Waals surface area contributed by atoms with Crippen molar-refractivity contribution in [2.45, 2.75) is 12.8 Å². The molecule has 1 aliphatic heterocycles. The summed E-state index contributed by atoms with van der Waals surface area (Å²) in [5.41, 5.74) is 1.35. The fraction of sp³-hybridized carbons (Fsp3) is 0.588. The van der Waals surface area contributed by atoms with Crippen molar-refractivity contribution in [1.29, 1.82) is 0 Å². The number of carbonyl (C=O) groups is 1. The van der Waals surface area contributed by atoms with Gasteiger partial charge in [-0.15, -0.1) is 0 Å². The monoisotopic (exact) mass is 305 g/mol. The first-order valence-corrected chi connectivity index (χ1v) is 8.16. The summed E-state index contributed by atoms with van der Waals surface area (Å²) >= 11 is 0. The molecule has 5 heteroatoms. The smallest absolute Gasteiger partial charge is 0.234 e. The van der Waals surface area contributed by atoms with Crippen LogP contribution in [0.25, 0.3) is 0 Å². The Balaban J connectivity index is 1.44. The van der Waals surface area contributed by atoms with Gasteiger partial charge in [-0.05, 0) is 24.9 Å². The summed E-state index contributed by atoms with van der Waals surface area (Å²) in [4.78, 5) is 14.0. The molecule has 0 bridgehead atoms. The fourth-order valence-electron chi connectivity index (χ4n) is 2.50. The summed E-state index contributed by atoms with van der Waals surface area (Å²) in [5.74, 6) is 0.0768. The van der Waals surface area contributed by atoms with Crippen molar-refractivity contribution in [3.8, 4) is 0 Å². The van der Waals surface area contributed by atoms with Gasteiger partial charge < -0.3 is 15.4 Å². The first kappa shape index (κ1) is 16.9. The topological polar surface area (TPSA) is 53.6 Å². The van der Waals surface area contributed by atoms with Crippen molar-refractivity contribution < 1.29 is 9.53 Å². The number of ether oxygens (including phenoxy) is 1. The normalized spacial score (nSPS) is 15.6. The average Bonchev–Trinajstić information content (AvgIpc) is 2.56. The fourth-order valence-corrected chi connectivity index (χ4v) is 2.50.